The number of carboxylic acids is 1. The van der Waals surface area contributed by atoms with Crippen LogP contribution in [-0.2, 0) is 11.0 Å². The number of thiazole rings is 1. The van der Waals surface area contributed by atoms with Gasteiger partial charge in [-0.1, -0.05) is 17.4 Å². The molecule has 0 amide bonds. The van der Waals surface area contributed by atoms with Crippen molar-refractivity contribution in [3.8, 4) is 10.6 Å². The molecule has 7 nitrogen and oxygen atoms in total. The molecule has 1 saturated heterocycles. The number of aromatic nitrogens is 3. The number of aliphatic carboxylic acids is 1. The molecule has 4 unspecified atom stereocenters. The Morgan fingerprint density at radius 2 is 2.09 bits per heavy atom. The molecule has 11 heteroatoms. The highest BCUT2D eigenvalue weighted by atomic mass is 32.1. The van der Waals surface area contributed by atoms with Crippen molar-refractivity contribution >= 4 is 34.1 Å². The molecule has 2 aliphatic carbocycles. The molecule has 3 aromatic heterocycles. The predicted octanol–water partition coefficient (Wildman–Crippen LogP) is 5.58. The Labute approximate surface area is 203 Å². The van der Waals surface area contributed by atoms with Crippen LogP contribution in [0.2, 0.25) is 0 Å². The number of hydrogen-bond acceptors (Lipinski definition) is 7. The first kappa shape index (κ1) is 22.3. The van der Waals surface area contributed by atoms with E-state index in [4.69, 9.17) is 0 Å². The van der Waals surface area contributed by atoms with Gasteiger partial charge in [-0.15, -0.1) is 0 Å². The molecular formula is C24H22F3N5O2S. The van der Waals surface area contributed by atoms with Gasteiger partial charge in [0.15, 0.2) is 5.13 Å². The highest BCUT2D eigenvalue weighted by Crippen LogP contribution is 2.68. The van der Waals surface area contributed by atoms with Gasteiger partial charge < -0.3 is 15.3 Å². The molecule has 0 aromatic carbocycles. The van der Waals surface area contributed by atoms with Gasteiger partial charge in [-0.05, 0) is 55.9 Å². The number of hydrogen-bond donors (Lipinski definition) is 2. The molecule has 3 aliphatic rings. The van der Waals surface area contributed by atoms with Crippen molar-refractivity contribution < 1.29 is 23.1 Å². The highest BCUT2D eigenvalue weighted by molar-refractivity contribution is 7.18. The summed E-state index contributed by atoms with van der Waals surface area (Å²) in [5, 5.41) is 13.0. The molecule has 3 aromatic rings. The highest BCUT2D eigenvalue weighted by Gasteiger charge is 2.69. The van der Waals surface area contributed by atoms with E-state index in [-0.39, 0.29) is 23.6 Å². The SMILES string of the molecule is O=C(O)CC1CC2N(c3ncc(-c4cccc(Nc5cc(C(F)(F)F)ccn5)n4)s3)C3CCC32C1. The van der Waals surface area contributed by atoms with Gasteiger partial charge in [0.1, 0.15) is 11.6 Å². The Morgan fingerprint density at radius 3 is 2.83 bits per heavy atom. The first-order valence-electron chi connectivity index (χ1n) is 11.5. The lowest BCUT2D eigenvalue weighted by atomic mass is 9.53. The van der Waals surface area contributed by atoms with Crippen LogP contribution in [0, 0.1) is 11.3 Å². The van der Waals surface area contributed by atoms with Crippen LogP contribution in [0.3, 0.4) is 0 Å². The van der Waals surface area contributed by atoms with Crippen LogP contribution >= 0.6 is 11.3 Å². The third kappa shape index (κ3) is 3.72. The summed E-state index contributed by atoms with van der Waals surface area (Å²) < 4.78 is 39.0. The zero-order valence-corrected chi connectivity index (χ0v) is 19.3. The maximum atomic E-state index is 13.0. The summed E-state index contributed by atoms with van der Waals surface area (Å²) in [6.45, 7) is 0. The van der Waals surface area contributed by atoms with Gasteiger partial charge in [0, 0.05) is 36.3 Å². The first-order valence-corrected chi connectivity index (χ1v) is 12.3. The molecule has 6 rings (SSSR count). The maximum Gasteiger partial charge on any atom is 0.416 e. The van der Waals surface area contributed by atoms with Gasteiger partial charge in [0.05, 0.1) is 16.1 Å². The minimum Gasteiger partial charge on any atom is -0.481 e. The van der Waals surface area contributed by atoms with Gasteiger partial charge in [0.25, 0.3) is 0 Å². The fraction of sp³-hybridized carbons (Fsp3) is 0.417. The zero-order chi connectivity index (χ0) is 24.4. The second kappa shape index (κ2) is 7.91. The molecule has 1 aliphatic heterocycles. The summed E-state index contributed by atoms with van der Waals surface area (Å²) in [5.74, 6) is -0.0581. The second-order valence-electron chi connectivity index (χ2n) is 9.58. The normalized spacial score (nSPS) is 26.9. The molecule has 2 saturated carbocycles. The monoisotopic (exact) mass is 501 g/mol. The molecule has 1 spiro atoms. The van der Waals surface area contributed by atoms with Crippen molar-refractivity contribution in [1.82, 2.24) is 15.0 Å². The van der Waals surface area contributed by atoms with Gasteiger partial charge >= 0.3 is 12.1 Å². The fourth-order valence-electron chi connectivity index (χ4n) is 6.14. The molecule has 3 fully saturated rings. The molecule has 2 N–H and O–H groups in total. The average Bonchev–Trinajstić information content (AvgIpc) is 3.41. The van der Waals surface area contributed by atoms with E-state index in [9.17, 15) is 23.1 Å². The number of pyridine rings is 2. The van der Waals surface area contributed by atoms with E-state index in [0.29, 0.717) is 23.6 Å². The summed E-state index contributed by atoms with van der Waals surface area (Å²) in [4.78, 5) is 27.6. The Bertz CT molecular complexity index is 1300. The van der Waals surface area contributed by atoms with E-state index in [1.807, 2.05) is 6.07 Å². The predicted molar refractivity (Wildman–Crippen MR) is 125 cm³/mol. The van der Waals surface area contributed by atoms with Crippen LogP contribution in [-0.4, -0.2) is 38.1 Å². The van der Waals surface area contributed by atoms with Gasteiger partial charge in [-0.2, -0.15) is 13.2 Å². The quantitative estimate of drug-likeness (QED) is 0.455. The van der Waals surface area contributed by atoms with E-state index in [1.165, 1.54) is 11.3 Å². The number of piperidine rings is 1. The van der Waals surface area contributed by atoms with Gasteiger partial charge in [-0.25, -0.2) is 15.0 Å². The van der Waals surface area contributed by atoms with Crippen LogP contribution in [0.5, 0.6) is 0 Å². The van der Waals surface area contributed by atoms with Crippen LogP contribution in [0.1, 0.15) is 37.7 Å². The van der Waals surface area contributed by atoms with Crippen LogP contribution in [0.25, 0.3) is 10.6 Å². The Hall–Kier alpha value is -3.21. The zero-order valence-electron chi connectivity index (χ0n) is 18.5. The minimum atomic E-state index is -4.45. The molecule has 182 valence electrons. The number of carboxylic acid groups (broad SMARTS) is 1. The maximum absolute atomic E-state index is 13.0. The minimum absolute atomic E-state index is 0.0634. The lowest BCUT2D eigenvalue weighted by Gasteiger charge is -2.68. The van der Waals surface area contributed by atoms with Crippen molar-refractivity contribution in [1.29, 1.82) is 0 Å². The van der Waals surface area contributed by atoms with E-state index in [1.54, 1.807) is 18.3 Å². The summed E-state index contributed by atoms with van der Waals surface area (Å²) in [6, 6.07) is 7.94. The molecule has 4 atom stereocenters. The third-order valence-corrected chi connectivity index (χ3v) is 8.66. The van der Waals surface area contributed by atoms with Gasteiger partial charge in [-0.3, -0.25) is 4.79 Å². The van der Waals surface area contributed by atoms with Crippen molar-refractivity contribution in [2.24, 2.45) is 11.3 Å². The molecular weight excluding hydrogens is 479 g/mol. The lowest BCUT2D eigenvalue weighted by molar-refractivity contribution is -0.138. The van der Waals surface area contributed by atoms with Crippen LogP contribution < -0.4 is 10.2 Å². The Balaban J connectivity index is 1.19. The van der Waals surface area contributed by atoms with Crippen molar-refractivity contribution in [2.75, 3.05) is 10.2 Å². The molecule has 0 bridgehead atoms. The molecule has 0 radical (unpaired) electrons. The number of nitrogens with zero attached hydrogens (tertiary/aromatic N) is 4. The number of anilines is 3. The summed E-state index contributed by atoms with van der Waals surface area (Å²) in [7, 11) is 0. The topological polar surface area (TPSA) is 91.2 Å². The number of alkyl halides is 3. The van der Waals surface area contributed by atoms with Crippen molar-refractivity contribution in [2.45, 2.75) is 50.4 Å². The number of halogens is 3. The molecule has 4 heterocycles. The molecule has 35 heavy (non-hydrogen) atoms. The van der Waals surface area contributed by atoms with E-state index < -0.39 is 17.7 Å². The van der Waals surface area contributed by atoms with Crippen LogP contribution in [0.15, 0.2) is 42.7 Å². The average molecular weight is 502 g/mol. The third-order valence-electron chi connectivity index (χ3n) is 7.63. The van der Waals surface area contributed by atoms with Crippen LogP contribution in [0.4, 0.5) is 29.9 Å². The Morgan fingerprint density at radius 1 is 1.23 bits per heavy atom. The number of rotatable bonds is 6. The number of carbonyl (C=O) groups is 1. The lowest BCUT2D eigenvalue weighted by Crippen LogP contribution is -2.75. The first-order chi connectivity index (χ1) is 16.7. The Kier molecular flexibility index (Phi) is 5.03. The second-order valence-corrected chi connectivity index (χ2v) is 10.6. The van der Waals surface area contributed by atoms with Gasteiger partial charge in [0.2, 0.25) is 0 Å². The summed E-state index contributed by atoms with van der Waals surface area (Å²) in [6.07, 6.45) is 2.81. The van der Waals surface area contributed by atoms with E-state index in [2.05, 4.69) is 25.2 Å². The van der Waals surface area contributed by atoms with E-state index in [0.717, 1.165) is 54.0 Å². The standard InChI is InChI=1S/C24H22F3N5O2S/c25-24(26,27)14-5-7-28-20(10-14)31-19-3-1-2-15(30-19)16-12-29-22(35-16)32-17-4-6-23(17)11-13(8-18(23)32)9-21(33)34/h1-3,5,7,10,12-13,17-18H,4,6,8-9,11H2,(H,33,34)(H,28,30,31). The fourth-order valence-corrected chi connectivity index (χ4v) is 7.13. The van der Waals surface area contributed by atoms with Crippen molar-refractivity contribution in [3.63, 3.8) is 0 Å². The van der Waals surface area contributed by atoms with Crippen molar-refractivity contribution in [3.05, 3.63) is 48.3 Å². The number of nitrogens with one attached hydrogen (secondary N) is 1. The van der Waals surface area contributed by atoms with E-state index >= 15 is 0 Å². The largest absolute Gasteiger partial charge is 0.481 e. The summed E-state index contributed by atoms with van der Waals surface area (Å²) >= 11 is 1.53. The smallest absolute Gasteiger partial charge is 0.416 e. The summed E-state index contributed by atoms with van der Waals surface area (Å²) in [5.41, 5.74) is 0.144.